The van der Waals surface area contributed by atoms with Gasteiger partial charge in [0.15, 0.2) is 0 Å². The van der Waals surface area contributed by atoms with Crippen molar-refractivity contribution in [2.24, 2.45) is 0 Å². The summed E-state index contributed by atoms with van der Waals surface area (Å²) in [6.45, 7) is 3.41. The second-order valence-electron chi connectivity index (χ2n) is 3.77. The van der Waals surface area contributed by atoms with Gasteiger partial charge in [-0.15, -0.1) is 24.0 Å². The molecule has 1 aliphatic rings. The van der Waals surface area contributed by atoms with E-state index in [1.54, 1.807) is 0 Å². The molecule has 0 aromatic carbocycles. The average molecular weight is 247 g/mol. The van der Waals surface area contributed by atoms with Gasteiger partial charge >= 0.3 is 0 Å². The minimum atomic E-state index is 0. The summed E-state index contributed by atoms with van der Waals surface area (Å²) in [5.74, 6) is 0.579. The maximum atomic E-state index is 5.77. The minimum absolute atomic E-state index is 0. The van der Waals surface area contributed by atoms with Crippen LogP contribution in [0.1, 0.15) is 24.1 Å². The third-order valence-electron chi connectivity index (χ3n) is 2.62. The predicted molar refractivity (Wildman–Crippen MR) is 65.6 cm³/mol. The molecule has 0 radical (unpaired) electrons. The fraction of sp³-hybridized carbons (Fsp3) is 0.545. The van der Waals surface area contributed by atoms with Gasteiger partial charge in [-0.3, -0.25) is 9.88 Å². The van der Waals surface area contributed by atoms with E-state index in [2.05, 4.69) is 16.0 Å². The van der Waals surface area contributed by atoms with Crippen LogP contribution in [0.15, 0.2) is 18.3 Å². The van der Waals surface area contributed by atoms with Crippen molar-refractivity contribution in [2.45, 2.75) is 25.3 Å². The van der Waals surface area contributed by atoms with Gasteiger partial charge in [-0.05, 0) is 43.6 Å². The first kappa shape index (κ1) is 12.8. The Kier molecular flexibility index (Phi) is 5.37. The Labute approximate surface area is 102 Å². The second-order valence-corrected chi connectivity index (χ2v) is 4.04. The highest BCUT2D eigenvalue weighted by Crippen LogP contribution is 2.12. The van der Waals surface area contributed by atoms with Gasteiger partial charge in [-0.1, -0.05) is 0 Å². The van der Waals surface area contributed by atoms with Crippen LogP contribution in [-0.4, -0.2) is 23.0 Å². The average Bonchev–Trinajstić information content (AvgIpc) is 2.71. The number of nitrogens with zero attached hydrogens (tertiary/aromatic N) is 2. The van der Waals surface area contributed by atoms with E-state index in [0.717, 1.165) is 17.8 Å². The molecule has 0 N–H and O–H groups in total. The lowest BCUT2D eigenvalue weighted by molar-refractivity contribution is 0.327. The number of alkyl halides is 1. The standard InChI is InChI=1S/C11H15ClN2.ClH/c12-8-10-3-4-13-11(7-10)9-14-5-1-2-6-14;/h3-4,7H,1-2,5-6,8-9H2;1H. The SMILES string of the molecule is Cl.ClCc1ccnc(CN2CCCC2)c1. The lowest BCUT2D eigenvalue weighted by Crippen LogP contribution is -2.19. The predicted octanol–water partition coefficient (Wildman–Crippen LogP) is 2.84. The zero-order chi connectivity index (χ0) is 9.80. The van der Waals surface area contributed by atoms with Crippen molar-refractivity contribution in [3.8, 4) is 0 Å². The number of hydrogen-bond acceptors (Lipinski definition) is 2. The quantitative estimate of drug-likeness (QED) is 0.763. The minimum Gasteiger partial charge on any atom is -0.298 e. The van der Waals surface area contributed by atoms with Gasteiger partial charge < -0.3 is 0 Å². The molecule has 1 aromatic heterocycles. The van der Waals surface area contributed by atoms with Crippen LogP contribution in [0, 0.1) is 0 Å². The number of aromatic nitrogens is 1. The molecule has 2 rings (SSSR count). The van der Waals surface area contributed by atoms with E-state index in [1.807, 2.05) is 12.3 Å². The zero-order valence-electron chi connectivity index (χ0n) is 8.66. The van der Waals surface area contributed by atoms with E-state index in [4.69, 9.17) is 11.6 Å². The summed E-state index contributed by atoms with van der Waals surface area (Å²) in [6, 6.07) is 4.08. The van der Waals surface area contributed by atoms with Crippen molar-refractivity contribution >= 4 is 24.0 Å². The van der Waals surface area contributed by atoms with Crippen molar-refractivity contribution in [1.29, 1.82) is 0 Å². The molecular formula is C11H16Cl2N2. The van der Waals surface area contributed by atoms with Crippen LogP contribution >= 0.6 is 24.0 Å². The van der Waals surface area contributed by atoms with Crippen molar-refractivity contribution in [2.75, 3.05) is 13.1 Å². The number of halogens is 2. The zero-order valence-corrected chi connectivity index (χ0v) is 10.2. The molecule has 84 valence electrons. The highest BCUT2D eigenvalue weighted by atomic mass is 35.5. The summed E-state index contributed by atoms with van der Waals surface area (Å²) in [7, 11) is 0. The van der Waals surface area contributed by atoms with Crippen LogP contribution < -0.4 is 0 Å². The van der Waals surface area contributed by atoms with E-state index in [-0.39, 0.29) is 12.4 Å². The van der Waals surface area contributed by atoms with E-state index in [1.165, 1.54) is 25.9 Å². The Morgan fingerprint density at radius 1 is 1.33 bits per heavy atom. The first-order valence-electron chi connectivity index (χ1n) is 5.10. The van der Waals surface area contributed by atoms with Crippen LogP contribution in [0.3, 0.4) is 0 Å². The molecule has 4 heteroatoms. The van der Waals surface area contributed by atoms with Crippen molar-refractivity contribution in [1.82, 2.24) is 9.88 Å². The van der Waals surface area contributed by atoms with Crippen LogP contribution in [-0.2, 0) is 12.4 Å². The molecular weight excluding hydrogens is 231 g/mol. The molecule has 2 nitrogen and oxygen atoms in total. The third kappa shape index (κ3) is 3.63. The molecule has 0 aliphatic carbocycles. The molecule has 1 aromatic rings. The molecule has 2 heterocycles. The Morgan fingerprint density at radius 3 is 2.73 bits per heavy atom. The van der Waals surface area contributed by atoms with Crippen molar-refractivity contribution in [3.05, 3.63) is 29.6 Å². The fourth-order valence-corrected chi connectivity index (χ4v) is 2.03. The monoisotopic (exact) mass is 246 g/mol. The molecule has 0 amide bonds. The molecule has 0 bridgehead atoms. The first-order chi connectivity index (χ1) is 6.88. The summed E-state index contributed by atoms with van der Waals surface area (Å²) in [5.41, 5.74) is 2.31. The van der Waals surface area contributed by atoms with Crippen LogP contribution in [0.2, 0.25) is 0 Å². The lowest BCUT2D eigenvalue weighted by atomic mass is 10.2. The smallest absolute Gasteiger partial charge is 0.0547 e. The van der Waals surface area contributed by atoms with Gasteiger partial charge in [0.2, 0.25) is 0 Å². The first-order valence-corrected chi connectivity index (χ1v) is 5.64. The highest BCUT2D eigenvalue weighted by molar-refractivity contribution is 6.17. The molecule has 1 saturated heterocycles. The van der Waals surface area contributed by atoms with Crippen LogP contribution in [0.5, 0.6) is 0 Å². The second kappa shape index (κ2) is 6.31. The molecule has 1 fully saturated rings. The van der Waals surface area contributed by atoms with Gasteiger partial charge in [0.25, 0.3) is 0 Å². The maximum Gasteiger partial charge on any atom is 0.0547 e. The van der Waals surface area contributed by atoms with Crippen molar-refractivity contribution < 1.29 is 0 Å². The van der Waals surface area contributed by atoms with E-state index >= 15 is 0 Å². The Balaban J connectivity index is 0.00000112. The normalized spacial score (nSPS) is 16.3. The number of pyridine rings is 1. The van der Waals surface area contributed by atoms with Crippen molar-refractivity contribution in [3.63, 3.8) is 0 Å². The van der Waals surface area contributed by atoms with E-state index in [0.29, 0.717) is 5.88 Å². The van der Waals surface area contributed by atoms with Gasteiger partial charge in [0.05, 0.1) is 5.69 Å². The number of hydrogen-bond donors (Lipinski definition) is 0. The molecule has 0 spiro atoms. The summed E-state index contributed by atoms with van der Waals surface area (Å²) >= 11 is 5.77. The Morgan fingerprint density at radius 2 is 2.07 bits per heavy atom. The number of likely N-dealkylation sites (tertiary alicyclic amines) is 1. The van der Waals surface area contributed by atoms with E-state index in [9.17, 15) is 0 Å². The Bertz CT molecular complexity index is 298. The molecule has 1 aliphatic heterocycles. The van der Waals surface area contributed by atoms with Gasteiger partial charge in [0.1, 0.15) is 0 Å². The van der Waals surface area contributed by atoms with Gasteiger partial charge in [0, 0.05) is 18.6 Å². The highest BCUT2D eigenvalue weighted by Gasteiger charge is 2.12. The summed E-state index contributed by atoms with van der Waals surface area (Å²) in [4.78, 5) is 6.80. The molecule has 15 heavy (non-hydrogen) atoms. The molecule has 0 atom stereocenters. The Hall–Kier alpha value is -0.310. The van der Waals surface area contributed by atoms with E-state index < -0.39 is 0 Å². The number of rotatable bonds is 3. The maximum absolute atomic E-state index is 5.77. The third-order valence-corrected chi connectivity index (χ3v) is 2.93. The fourth-order valence-electron chi connectivity index (χ4n) is 1.87. The topological polar surface area (TPSA) is 16.1 Å². The summed E-state index contributed by atoms with van der Waals surface area (Å²) in [6.07, 6.45) is 4.51. The molecule has 0 saturated carbocycles. The van der Waals surface area contributed by atoms with Gasteiger partial charge in [-0.2, -0.15) is 0 Å². The van der Waals surface area contributed by atoms with Crippen LogP contribution in [0.25, 0.3) is 0 Å². The lowest BCUT2D eigenvalue weighted by Gasteiger charge is -2.13. The summed E-state index contributed by atoms with van der Waals surface area (Å²) in [5, 5.41) is 0. The largest absolute Gasteiger partial charge is 0.298 e. The van der Waals surface area contributed by atoms with Gasteiger partial charge in [-0.25, -0.2) is 0 Å². The summed E-state index contributed by atoms with van der Waals surface area (Å²) < 4.78 is 0. The molecule has 0 unspecified atom stereocenters. The van der Waals surface area contributed by atoms with Crippen LogP contribution in [0.4, 0.5) is 0 Å².